The Morgan fingerprint density at radius 1 is 1.25 bits per heavy atom. The first kappa shape index (κ1) is 13.9. The monoisotopic (exact) mass is 274 g/mol. The number of hydrogen-bond acceptors (Lipinski definition) is 3. The Labute approximate surface area is 122 Å². The minimum Gasteiger partial charge on any atom is -0.492 e. The van der Waals surface area contributed by atoms with Gasteiger partial charge in [0.05, 0.1) is 0 Å². The quantitative estimate of drug-likeness (QED) is 0.749. The third-order valence-electron chi connectivity index (χ3n) is 4.08. The molecule has 1 aromatic rings. The first-order chi connectivity index (χ1) is 9.79. The number of likely N-dealkylation sites (N-methyl/N-ethyl adjacent to an activating group) is 1. The van der Waals surface area contributed by atoms with Gasteiger partial charge in [-0.1, -0.05) is 12.1 Å². The predicted molar refractivity (Wildman–Crippen MR) is 82.0 cm³/mol. The van der Waals surface area contributed by atoms with Crippen LogP contribution in [-0.4, -0.2) is 37.7 Å². The summed E-state index contributed by atoms with van der Waals surface area (Å²) in [6, 6.07) is 9.24. The van der Waals surface area contributed by atoms with Crippen LogP contribution in [0.4, 0.5) is 0 Å². The van der Waals surface area contributed by atoms with Gasteiger partial charge in [-0.05, 0) is 56.3 Å². The van der Waals surface area contributed by atoms with Crippen LogP contribution in [0.5, 0.6) is 5.75 Å². The molecule has 0 unspecified atom stereocenters. The van der Waals surface area contributed by atoms with E-state index in [1.54, 1.807) is 0 Å². The summed E-state index contributed by atoms with van der Waals surface area (Å²) in [4.78, 5) is 2.39. The van der Waals surface area contributed by atoms with Crippen molar-refractivity contribution in [2.75, 3.05) is 26.7 Å². The highest BCUT2D eigenvalue weighted by Crippen LogP contribution is 2.29. The Kier molecular flexibility index (Phi) is 4.58. The molecule has 0 atom stereocenters. The zero-order chi connectivity index (χ0) is 13.8. The van der Waals surface area contributed by atoms with E-state index in [0.717, 1.165) is 37.4 Å². The van der Waals surface area contributed by atoms with Crippen molar-refractivity contribution < 1.29 is 4.74 Å². The van der Waals surface area contributed by atoms with Crippen LogP contribution in [0, 0.1) is 5.92 Å². The van der Waals surface area contributed by atoms with E-state index in [9.17, 15) is 0 Å². The summed E-state index contributed by atoms with van der Waals surface area (Å²) < 4.78 is 5.87. The van der Waals surface area contributed by atoms with Crippen molar-refractivity contribution in [2.24, 2.45) is 5.92 Å². The summed E-state index contributed by atoms with van der Waals surface area (Å²) >= 11 is 0. The zero-order valence-electron chi connectivity index (χ0n) is 12.5. The fourth-order valence-electron chi connectivity index (χ4n) is 2.45. The molecule has 2 aliphatic carbocycles. The molecule has 2 fully saturated rings. The van der Waals surface area contributed by atoms with Crippen LogP contribution >= 0.6 is 0 Å². The van der Waals surface area contributed by atoms with Crippen molar-refractivity contribution in [1.82, 2.24) is 10.2 Å². The normalized spacial score (nSPS) is 18.5. The number of ether oxygens (including phenoxy) is 1. The Morgan fingerprint density at radius 2 is 2.10 bits per heavy atom. The Morgan fingerprint density at radius 3 is 2.85 bits per heavy atom. The molecule has 110 valence electrons. The second-order valence-electron chi connectivity index (χ2n) is 6.36. The standard InChI is InChI=1S/C17H26N2O/c1-19(13-14-5-6-14)9-10-20-17-4-2-3-15(11-17)12-18-16-7-8-16/h2-4,11,14,16,18H,5-10,12-13H2,1H3. The lowest BCUT2D eigenvalue weighted by Crippen LogP contribution is -2.26. The average molecular weight is 274 g/mol. The van der Waals surface area contributed by atoms with Crippen molar-refractivity contribution >= 4 is 0 Å². The van der Waals surface area contributed by atoms with Crippen LogP contribution in [0.3, 0.4) is 0 Å². The molecule has 0 spiro atoms. The molecule has 2 aliphatic rings. The molecular formula is C17H26N2O. The molecule has 3 nitrogen and oxygen atoms in total. The largest absolute Gasteiger partial charge is 0.492 e. The molecule has 1 aromatic carbocycles. The van der Waals surface area contributed by atoms with E-state index in [2.05, 4.69) is 41.5 Å². The van der Waals surface area contributed by atoms with Gasteiger partial charge in [0.2, 0.25) is 0 Å². The van der Waals surface area contributed by atoms with Crippen molar-refractivity contribution in [2.45, 2.75) is 38.3 Å². The van der Waals surface area contributed by atoms with E-state index in [4.69, 9.17) is 4.74 Å². The maximum Gasteiger partial charge on any atom is 0.119 e. The molecule has 0 saturated heterocycles. The van der Waals surface area contributed by atoms with Crippen LogP contribution in [0.2, 0.25) is 0 Å². The summed E-state index contributed by atoms with van der Waals surface area (Å²) in [5, 5.41) is 3.54. The third-order valence-corrected chi connectivity index (χ3v) is 4.08. The lowest BCUT2D eigenvalue weighted by molar-refractivity contribution is 0.232. The van der Waals surface area contributed by atoms with E-state index >= 15 is 0 Å². The van der Waals surface area contributed by atoms with Gasteiger partial charge < -0.3 is 15.0 Å². The first-order valence-corrected chi connectivity index (χ1v) is 7.93. The van der Waals surface area contributed by atoms with Crippen LogP contribution < -0.4 is 10.1 Å². The zero-order valence-corrected chi connectivity index (χ0v) is 12.5. The van der Waals surface area contributed by atoms with Crippen LogP contribution in [0.25, 0.3) is 0 Å². The van der Waals surface area contributed by atoms with E-state index in [0.29, 0.717) is 0 Å². The van der Waals surface area contributed by atoms with Gasteiger partial charge in [-0.2, -0.15) is 0 Å². The number of nitrogens with one attached hydrogen (secondary N) is 1. The topological polar surface area (TPSA) is 24.5 Å². The molecule has 0 radical (unpaired) electrons. The highest BCUT2D eigenvalue weighted by Gasteiger charge is 2.22. The van der Waals surface area contributed by atoms with Gasteiger partial charge in [0.25, 0.3) is 0 Å². The fraction of sp³-hybridized carbons (Fsp3) is 0.647. The van der Waals surface area contributed by atoms with Gasteiger partial charge >= 0.3 is 0 Å². The lowest BCUT2D eigenvalue weighted by Gasteiger charge is -2.16. The number of hydrogen-bond donors (Lipinski definition) is 1. The predicted octanol–water partition coefficient (Wildman–Crippen LogP) is 2.66. The SMILES string of the molecule is CN(CCOc1cccc(CNC2CC2)c1)CC1CC1. The number of nitrogens with zero attached hydrogens (tertiary/aromatic N) is 1. The molecule has 0 bridgehead atoms. The van der Waals surface area contributed by atoms with Crippen molar-refractivity contribution in [3.05, 3.63) is 29.8 Å². The van der Waals surface area contributed by atoms with Gasteiger partial charge in [-0.25, -0.2) is 0 Å². The van der Waals surface area contributed by atoms with Gasteiger partial charge in [0.1, 0.15) is 12.4 Å². The van der Waals surface area contributed by atoms with Crippen molar-refractivity contribution in [3.8, 4) is 5.75 Å². The molecule has 3 heteroatoms. The van der Waals surface area contributed by atoms with Gasteiger partial charge in [-0.3, -0.25) is 0 Å². The molecule has 20 heavy (non-hydrogen) atoms. The van der Waals surface area contributed by atoms with Gasteiger partial charge in [0, 0.05) is 25.7 Å². The summed E-state index contributed by atoms with van der Waals surface area (Å²) in [5.41, 5.74) is 1.32. The van der Waals surface area contributed by atoms with E-state index in [-0.39, 0.29) is 0 Å². The number of benzene rings is 1. The second-order valence-corrected chi connectivity index (χ2v) is 6.36. The maximum absolute atomic E-state index is 5.87. The summed E-state index contributed by atoms with van der Waals surface area (Å²) in [5.74, 6) is 1.96. The summed E-state index contributed by atoms with van der Waals surface area (Å²) in [6.07, 6.45) is 5.51. The maximum atomic E-state index is 5.87. The van der Waals surface area contributed by atoms with Crippen LogP contribution in [0.1, 0.15) is 31.2 Å². The smallest absolute Gasteiger partial charge is 0.119 e. The first-order valence-electron chi connectivity index (χ1n) is 7.93. The van der Waals surface area contributed by atoms with Gasteiger partial charge in [0.15, 0.2) is 0 Å². The van der Waals surface area contributed by atoms with E-state index in [1.807, 2.05) is 0 Å². The summed E-state index contributed by atoms with van der Waals surface area (Å²) in [7, 11) is 2.19. The molecule has 2 saturated carbocycles. The molecule has 0 heterocycles. The van der Waals surface area contributed by atoms with Crippen LogP contribution in [-0.2, 0) is 6.54 Å². The highest BCUT2D eigenvalue weighted by molar-refractivity contribution is 5.28. The number of rotatable bonds is 9. The minimum absolute atomic E-state index is 0.760. The molecule has 0 aliphatic heterocycles. The third kappa shape index (κ3) is 4.80. The van der Waals surface area contributed by atoms with Crippen LogP contribution in [0.15, 0.2) is 24.3 Å². The lowest BCUT2D eigenvalue weighted by atomic mass is 10.2. The Bertz CT molecular complexity index is 427. The minimum atomic E-state index is 0.760. The molecule has 0 amide bonds. The average Bonchev–Trinajstić information content (AvgIpc) is 3.32. The summed E-state index contributed by atoms with van der Waals surface area (Å²) in [6.45, 7) is 3.99. The van der Waals surface area contributed by atoms with E-state index < -0.39 is 0 Å². The fourth-order valence-corrected chi connectivity index (χ4v) is 2.45. The Balaban J connectivity index is 1.38. The second kappa shape index (κ2) is 6.59. The Hall–Kier alpha value is -1.06. The van der Waals surface area contributed by atoms with Gasteiger partial charge in [-0.15, -0.1) is 0 Å². The molecule has 0 aromatic heterocycles. The van der Waals surface area contributed by atoms with E-state index in [1.165, 1.54) is 37.8 Å². The molecular weight excluding hydrogens is 248 g/mol. The molecule has 1 N–H and O–H groups in total. The highest BCUT2D eigenvalue weighted by atomic mass is 16.5. The molecule has 3 rings (SSSR count). The van der Waals surface area contributed by atoms with Crippen molar-refractivity contribution in [3.63, 3.8) is 0 Å². The van der Waals surface area contributed by atoms with Crippen molar-refractivity contribution in [1.29, 1.82) is 0 Å².